The molecule has 3 aromatic rings. The minimum absolute atomic E-state index is 0.0249. The molecule has 5 nitrogen and oxygen atoms in total. The Kier molecular flexibility index (Phi) is 5.48. The number of carbonyl (C=O) groups is 1. The fourth-order valence-corrected chi connectivity index (χ4v) is 6.28. The van der Waals surface area contributed by atoms with Gasteiger partial charge in [-0.3, -0.25) is 14.4 Å². The second kappa shape index (κ2) is 8.47. The Balaban J connectivity index is 1.25. The van der Waals surface area contributed by atoms with E-state index in [9.17, 15) is 13.6 Å². The number of alkyl halides is 2. The first-order chi connectivity index (χ1) is 17.3. The normalized spacial score (nSPS) is 24.1. The van der Waals surface area contributed by atoms with Crippen molar-refractivity contribution in [3.8, 4) is 11.1 Å². The van der Waals surface area contributed by atoms with Crippen molar-refractivity contribution in [3.63, 3.8) is 0 Å². The van der Waals surface area contributed by atoms with Gasteiger partial charge in [-0.25, -0.2) is 13.2 Å². The highest BCUT2D eigenvalue weighted by Crippen LogP contribution is 2.49. The molecule has 0 N–H and O–H groups in total. The molecule has 1 amide bonds. The standard InChI is InChI=1S/C28H29F3N4O/c1-33-16-21(15-32-33)19-6-7-20(24(29)14-19)17-35-25-5-3-2-4-23(25)27(26(35)36)12-13-34(18-27)22-8-10-28(30,31)11-9-22/h2-7,14-16,22H,8-13,17-18H2,1H3. The van der Waals surface area contributed by atoms with Crippen LogP contribution in [0.1, 0.15) is 43.2 Å². The Morgan fingerprint density at radius 3 is 2.56 bits per heavy atom. The van der Waals surface area contributed by atoms with Gasteiger partial charge in [0.1, 0.15) is 5.82 Å². The largest absolute Gasteiger partial charge is 0.307 e. The predicted octanol–water partition coefficient (Wildman–Crippen LogP) is 5.29. The molecule has 1 aromatic heterocycles. The zero-order valence-electron chi connectivity index (χ0n) is 20.3. The van der Waals surface area contributed by atoms with E-state index in [1.165, 1.54) is 6.07 Å². The molecule has 8 heteroatoms. The van der Waals surface area contributed by atoms with E-state index in [4.69, 9.17) is 0 Å². The first-order valence-corrected chi connectivity index (χ1v) is 12.6. The number of amides is 1. The SMILES string of the molecule is Cn1cc(-c2ccc(CN3C(=O)C4(CCN(C5CCC(F)(F)CC5)C4)c4ccccc43)c(F)c2)cn1. The molecule has 3 aliphatic rings. The number of nitrogens with zero attached hydrogens (tertiary/aromatic N) is 4. The number of hydrogen-bond acceptors (Lipinski definition) is 3. The Morgan fingerprint density at radius 2 is 1.83 bits per heavy atom. The maximum absolute atomic E-state index is 15.2. The average molecular weight is 495 g/mol. The van der Waals surface area contributed by atoms with E-state index < -0.39 is 11.3 Å². The number of anilines is 1. The molecule has 1 spiro atoms. The second-order valence-electron chi connectivity index (χ2n) is 10.5. The van der Waals surface area contributed by atoms with Crippen LogP contribution in [0.25, 0.3) is 11.1 Å². The van der Waals surface area contributed by atoms with Gasteiger partial charge in [-0.15, -0.1) is 0 Å². The summed E-state index contributed by atoms with van der Waals surface area (Å²) in [5, 5.41) is 4.15. The topological polar surface area (TPSA) is 41.4 Å². The van der Waals surface area contributed by atoms with E-state index >= 15 is 4.39 Å². The van der Waals surface area contributed by atoms with Crippen molar-refractivity contribution in [1.29, 1.82) is 0 Å². The summed E-state index contributed by atoms with van der Waals surface area (Å²) in [4.78, 5) is 17.9. The van der Waals surface area contributed by atoms with Gasteiger partial charge in [-0.05, 0) is 49.1 Å². The lowest BCUT2D eigenvalue weighted by Crippen LogP contribution is -2.45. The molecule has 6 rings (SSSR count). The molecule has 2 fully saturated rings. The number of halogens is 3. The summed E-state index contributed by atoms with van der Waals surface area (Å²) < 4.78 is 44.3. The lowest BCUT2D eigenvalue weighted by molar-refractivity contribution is -0.123. The third-order valence-electron chi connectivity index (χ3n) is 8.29. The highest BCUT2D eigenvalue weighted by molar-refractivity contribution is 6.08. The smallest absolute Gasteiger partial charge is 0.248 e. The van der Waals surface area contributed by atoms with E-state index in [0.29, 0.717) is 37.9 Å². The van der Waals surface area contributed by atoms with Crippen LogP contribution in [0.2, 0.25) is 0 Å². The minimum atomic E-state index is -2.57. The summed E-state index contributed by atoms with van der Waals surface area (Å²) in [7, 11) is 1.81. The first kappa shape index (κ1) is 23.3. The van der Waals surface area contributed by atoms with Crippen LogP contribution < -0.4 is 4.90 Å². The van der Waals surface area contributed by atoms with E-state index in [1.54, 1.807) is 21.8 Å². The van der Waals surface area contributed by atoms with Gasteiger partial charge in [-0.1, -0.05) is 30.3 Å². The Labute approximate surface area is 208 Å². The van der Waals surface area contributed by atoms with Crippen molar-refractivity contribution >= 4 is 11.6 Å². The van der Waals surface area contributed by atoms with Crippen molar-refractivity contribution in [1.82, 2.24) is 14.7 Å². The van der Waals surface area contributed by atoms with Crippen LogP contribution in [0, 0.1) is 5.82 Å². The summed E-state index contributed by atoms with van der Waals surface area (Å²) in [5.41, 5.74) is 3.09. The van der Waals surface area contributed by atoms with Gasteiger partial charge < -0.3 is 4.90 Å². The number of likely N-dealkylation sites (tertiary alicyclic amines) is 1. The zero-order valence-corrected chi connectivity index (χ0v) is 20.3. The van der Waals surface area contributed by atoms with Crippen LogP contribution in [0.5, 0.6) is 0 Å². The monoisotopic (exact) mass is 494 g/mol. The van der Waals surface area contributed by atoms with Gasteiger partial charge in [0, 0.05) is 55.5 Å². The number of fused-ring (bicyclic) bond motifs is 2. The summed E-state index contributed by atoms with van der Waals surface area (Å²) in [5.74, 6) is -2.96. The van der Waals surface area contributed by atoms with Crippen LogP contribution in [0.4, 0.5) is 18.9 Å². The number of para-hydroxylation sites is 1. The summed E-state index contributed by atoms with van der Waals surface area (Å²) in [6, 6.07) is 12.9. The molecule has 1 saturated heterocycles. The molecule has 0 radical (unpaired) electrons. The fraction of sp³-hybridized carbons (Fsp3) is 0.429. The maximum Gasteiger partial charge on any atom is 0.248 e. The Bertz CT molecular complexity index is 1310. The van der Waals surface area contributed by atoms with E-state index in [1.807, 2.05) is 43.6 Å². The Hall–Kier alpha value is -3.13. The average Bonchev–Trinajstić information content (AvgIpc) is 3.55. The van der Waals surface area contributed by atoms with Crippen molar-refractivity contribution < 1.29 is 18.0 Å². The van der Waals surface area contributed by atoms with Crippen LogP contribution in [-0.4, -0.2) is 45.6 Å². The molecule has 3 heterocycles. The number of hydrogen-bond donors (Lipinski definition) is 0. The molecule has 2 aromatic carbocycles. The molecule has 0 bridgehead atoms. The van der Waals surface area contributed by atoms with Crippen LogP contribution in [0.15, 0.2) is 54.9 Å². The van der Waals surface area contributed by atoms with Gasteiger partial charge >= 0.3 is 0 Å². The van der Waals surface area contributed by atoms with Gasteiger partial charge in [-0.2, -0.15) is 5.10 Å². The molecule has 2 aliphatic heterocycles. The molecule has 1 atom stereocenters. The third kappa shape index (κ3) is 3.82. The highest BCUT2D eigenvalue weighted by Gasteiger charge is 2.55. The number of rotatable bonds is 4. The molecule has 1 aliphatic carbocycles. The number of aromatic nitrogens is 2. The molecule has 1 saturated carbocycles. The van der Waals surface area contributed by atoms with Crippen LogP contribution >= 0.6 is 0 Å². The van der Waals surface area contributed by atoms with E-state index in [0.717, 1.165) is 22.4 Å². The number of aryl methyl sites for hydroxylation is 1. The maximum atomic E-state index is 15.2. The van der Waals surface area contributed by atoms with Gasteiger partial charge in [0.2, 0.25) is 11.8 Å². The number of carbonyl (C=O) groups excluding carboxylic acids is 1. The Morgan fingerprint density at radius 1 is 1.06 bits per heavy atom. The zero-order chi connectivity index (χ0) is 25.1. The second-order valence-corrected chi connectivity index (χ2v) is 10.5. The quantitative estimate of drug-likeness (QED) is 0.495. The van der Waals surface area contributed by atoms with Crippen LogP contribution in [0.3, 0.4) is 0 Å². The lowest BCUT2D eigenvalue weighted by atomic mass is 9.80. The summed E-state index contributed by atoms with van der Waals surface area (Å²) in [6.45, 7) is 1.38. The summed E-state index contributed by atoms with van der Waals surface area (Å²) >= 11 is 0. The van der Waals surface area contributed by atoms with Gasteiger partial charge in [0.25, 0.3) is 0 Å². The van der Waals surface area contributed by atoms with Gasteiger partial charge in [0.15, 0.2) is 0 Å². The van der Waals surface area contributed by atoms with Gasteiger partial charge in [0.05, 0.1) is 18.2 Å². The number of benzene rings is 2. The highest BCUT2D eigenvalue weighted by atomic mass is 19.3. The third-order valence-corrected chi connectivity index (χ3v) is 8.29. The van der Waals surface area contributed by atoms with E-state index in [-0.39, 0.29) is 37.2 Å². The summed E-state index contributed by atoms with van der Waals surface area (Å²) in [6.07, 6.45) is 4.90. The fourth-order valence-electron chi connectivity index (χ4n) is 6.28. The molecular formula is C28H29F3N4O. The molecular weight excluding hydrogens is 465 g/mol. The molecule has 188 valence electrons. The first-order valence-electron chi connectivity index (χ1n) is 12.6. The van der Waals surface area contributed by atoms with Crippen molar-refractivity contribution in [2.45, 2.75) is 56.0 Å². The molecule has 36 heavy (non-hydrogen) atoms. The van der Waals surface area contributed by atoms with Crippen molar-refractivity contribution in [2.24, 2.45) is 7.05 Å². The molecule has 1 unspecified atom stereocenters. The van der Waals surface area contributed by atoms with Crippen LogP contribution in [-0.2, 0) is 23.8 Å². The predicted molar refractivity (Wildman–Crippen MR) is 131 cm³/mol. The minimum Gasteiger partial charge on any atom is -0.307 e. The van der Waals surface area contributed by atoms with Crippen molar-refractivity contribution in [3.05, 3.63) is 71.8 Å². The van der Waals surface area contributed by atoms with Crippen molar-refractivity contribution in [2.75, 3.05) is 18.0 Å². The lowest BCUT2D eigenvalue weighted by Gasteiger charge is -2.35. The van der Waals surface area contributed by atoms with E-state index in [2.05, 4.69) is 10.00 Å².